The van der Waals surface area contributed by atoms with Crippen molar-refractivity contribution < 1.29 is 28.6 Å². The number of carbonyl (C=O) groups is 3. The number of hydrogen-bond acceptors (Lipinski definition) is 4. The van der Waals surface area contributed by atoms with Crippen LogP contribution in [0.4, 0.5) is 4.39 Å². The summed E-state index contributed by atoms with van der Waals surface area (Å²) in [7, 11) is 0. The molecular weight excluding hydrogens is 523 g/mol. The van der Waals surface area contributed by atoms with E-state index >= 15 is 0 Å². The van der Waals surface area contributed by atoms with Gasteiger partial charge in [0.1, 0.15) is 11.8 Å². The summed E-state index contributed by atoms with van der Waals surface area (Å²) in [4.78, 5) is 38.1. The van der Waals surface area contributed by atoms with Gasteiger partial charge in [0.2, 0.25) is 11.8 Å². The number of aliphatic carboxylic acids is 1. The van der Waals surface area contributed by atoms with Crippen molar-refractivity contribution in [3.05, 3.63) is 95.8 Å². The van der Waals surface area contributed by atoms with Crippen molar-refractivity contribution >= 4 is 17.8 Å². The van der Waals surface area contributed by atoms with Crippen LogP contribution in [0.1, 0.15) is 64.1 Å². The SMILES string of the molecule is C[C@@H](NC(=O)[C@@H](NC(=O)[C@H](CCCc1ccc(Oc2ccccc2)c(F)c1)CC(=O)O)C(C)(C)C)c1ccccc1. The Kier molecular flexibility index (Phi) is 11.0. The average Bonchev–Trinajstić information content (AvgIpc) is 2.92. The van der Waals surface area contributed by atoms with Gasteiger partial charge in [-0.1, -0.05) is 75.4 Å². The maximum Gasteiger partial charge on any atom is 0.304 e. The molecule has 3 aromatic carbocycles. The van der Waals surface area contributed by atoms with Gasteiger partial charge in [0.25, 0.3) is 0 Å². The summed E-state index contributed by atoms with van der Waals surface area (Å²) in [6.45, 7) is 7.40. The molecule has 0 aliphatic heterocycles. The van der Waals surface area contributed by atoms with Gasteiger partial charge in [0.15, 0.2) is 11.6 Å². The zero-order valence-corrected chi connectivity index (χ0v) is 24.0. The number of hydrogen-bond donors (Lipinski definition) is 3. The van der Waals surface area contributed by atoms with Gasteiger partial charge in [-0.3, -0.25) is 14.4 Å². The Hall–Kier alpha value is -4.20. The lowest BCUT2D eigenvalue weighted by Gasteiger charge is -2.32. The zero-order valence-electron chi connectivity index (χ0n) is 24.0. The number of rotatable bonds is 13. The highest BCUT2D eigenvalue weighted by Crippen LogP contribution is 2.26. The molecule has 0 saturated heterocycles. The highest BCUT2D eigenvalue weighted by molar-refractivity contribution is 5.90. The Balaban J connectivity index is 1.62. The molecule has 8 heteroatoms. The van der Waals surface area contributed by atoms with Crippen LogP contribution in [-0.4, -0.2) is 28.9 Å². The summed E-state index contributed by atoms with van der Waals surface area (Å²) < 4.78 is 20.2. The summed E-state index contributed by atoms with van der Waals surface area (Å²) in [6, 6.07) is 22.0. The minimum atomic E-state index is -1.10. The van der Waals surface area contributed by atoms with Crippen LogP contribution >= 0.6 is 0 Å². The molecule has 0 heterocycles. The minimum absolute atomic E-state index is 0.108. The van der Waals surface area contributed by atoms with Crippen LogP contribution < -0.4 is 15.4 Å². The monoisotopic (exact) mass is 562 g/mol. The first kappa shape index (κ1) is 31.3. The van der Waals surface area contributed by atoms with E-state index < -0.39 is 35.1 Å². The Morgan fingerprint density at radius 2 is 1.54 bits per heavy atom. The highest BCUT2D eigenvalue weighted by atomic mass is 19.1. The van der Waals surface area contributed by atoms with Gasteiger partial charge in [-0.2, -0.15) is 0 Å². The summed E-state index contributed by atoms with van der Waals surface area (Å²) in [5, 5.41) is 15.2. The number of carboxylic acids is 1. The minimum Gasteiger partial charge on any atom is -0.481 e. The van der Waals surface area contributed by atoms with Crippen molar-refractivity contribution in [1.82, 2.24) is 10.6 Å². The van der Waals surface area contributed by atoms with E-state index in [9.17, 15) is 23.9 Å². The standard InChI is InChI=1S/C33H39FN2O5/c1-22(24-13-7-5-8-14-24)35-32(40)30(33(2,3)4)36-31(39)25(21-29(37)38)15-11-12-23-18-19-28(27(34)20-23)41-26-16-9-6-10-17-26/h5-10,13-14,16-20,22,25,30H,11-12,15,21H2,1-4H3,(H,35,40)(H,36,39)(H,37,38)/t22-,25-,30-/m1/s1. The quantitative estimate of drug-likeness (QED) is 0.222. The number of amides is 2. The molecule has 3 N–H and O–H groups in total. The third kappa shape index (κ3) is 9.74. The maximum atomic E-state index is 14.6. The fraction of sp³-hybridized carbons (Fsp3) is 0.364. The van der Waals surface area contributed by atoms with Crippen LogP contribution in [0, 0.1) is 17.2 Å². The molecule has 218 valence electrons. The molecule has 0 spiro atoms. The third-order valence-corrected chi connectivity index (χ3v) is 6.85. The maximum absolute atomic E-state index is 14.6. The molecule has 3 rings (SSSR count). The Labute approximate surface area is 241 Å². The van der Waals surface area contributed by atoms with E-state index in [0.29, 0.717) is 24.2 Å². The van der Waals surface area contributed by atoms with E-state index in [0.717, 1.165) is 5.56 Å². The molecule has 0 bridgehead atoms. The number of benzene rings is 3. The molecule has 0 aliphatic rings. The molecule has 7 nitrogen and oxygen atoms in total. The molecule has 0 radical (unpaired) electrons. The molecule has 2 amide bonds. The lowest BCUT2D eigenvalue weighted by atomic mass is 9.85. The predicted molar refractivity (Wildman–Crippen MR) is 156 cm³/mol. The number of aryl methyl sites for hydroxylation is 1. The fourth-order valence-electron chi connectivity index (χ4n) is 4.54. The normalized spacial score (nSPS) is 13.5. The number of halogens is 1. The van der Waals surface area contributed by atoms with Crippen LogP contribution in [0.25, 0.3) is 0 Å². The second kappa shape index (κ2) is 14.4. The van der Waals surface area contributed by atoms with Crippen LogP contribution in [0.5, 0.6) is 11.5 Å². The number of carbonyl (C=O) groups excluding carboxylic acids is 2. The van der Waals surface area contributed by atoms with Gasteiger partial charge in [-0.05, 0) is 67.0 Å². The van der Waals surface area contributed by atoms with Crippen molar-refractivity contribution in [2.24, 2.45) is 11.3 Å². The molecule has 0 saturated carbocycles. The van der Waals surface area contributed by atoms with E-state index in [1.165, 1.54) is 6.07 Å². The summed E-state index contributed by atoms with van der Waals surface area (Å²) in [6.07, 6.45) is 0.800. The molecule has 41 heavy (non-hydrogen) atoms. The molecule has 0 unspecified atom stereocenters. The van der Waals surface area contributed by atoms with Gasteiger partial charge >= 0.3 is 5.97 Å². The largest absolute Gasteiger partial charge is 0.481 e. The van der Waals surface area contributed by atoms with E-state index in [1.807, 2.05) is 64.1 Å². The Bertz CT molecular complexity index is 1310. The van der Waals surface area contributed by atoms with Crippen LogP contribution in [0.2, 0.25) is 0 Å². The number of para-hydroxylation sites is 1. The summed E-state index contributed by atoms with van der Waals surface area (Å²) in [5.74, 6) is -2.66. The fourth-order valence-corrected chi connectivity index (χ4v) is 4.54. The molecular formula is C33H39FN2O5. The molecule has 3 aromatic rings. The second-order valence-electron chi connectivity index (χ2n) is 11.3. The topological polar surface area (TPSA) is 105 Å². The van der Waals surface area contributed by atoms with Crippen molar-refractivity contribution in [3.63, 3.8) is 0 Å². The predicted octanol–water partition coefficient (Wildman–Crippen LogP) is 6.44. The van der Waals surface area contributed by atoms with Gasteiger partial charge in [-0.25, -0.2) is 4.39 Å². The number of ether oxygens (including phenoxy) is 1. The lowest BCUT2D eigenvalue weighted by Crippen LogP contribution is -2.55. The van der Waals surface area contributed by atoms with E-state index in [4.69, 9.17) is 4.74 Å². The first-order valence-electron chi connectivity index (χ1n) is 13.8. The first-order valence-corrected chi connectivity index (χ1v) is 13.8. The third-order valence-electron chi connectivity index (χ3n) is 6.85. The summed E-state index contributed by atoms with van der Waals surface area (Å²) in [5.41, 5.74) is 1.02. The molecule has 0 aromatic heterocycles. The van der Waals surface area contributed by atoms with E-state index in [-0.39, 0.29) is 30.5 Å². The van der Waals surface area contributed by atoms with Crippen LogP contribution in [0.15, 0.2) is 78.9 Å². The highest BCUT2D eigenvalue weighted by Gasteiger charge is 2.35. The summed E-state index contributed by atoms with van der Waals surface area (Å²) >= 11 is 0. The number of carboxylic acid groups (broad SMARTS) is 1. The van der Waals surface area contributed by atoms with Gasteiger partial charge in [0.05, 0.1) is 12.5 Å². The molecule has 0 aliphatic carbocycles. The Morgan fingerprint density at radius 3 is 2.12 bits per heavy atom. The molecule has 3 atom stereocenters. The average molecular weight is 563 g/mol. The van der Waals surface area contributed by atoms with Crippen molar-refractivity contribution in [3.8, 4) is 11.5 Å². The smallest absolute Gasteiger partial charge is 0.304 e. The number of nitrogens with one attached hydrogen (secondary N) is 2. The first-order chi connectivity index (χ1) is 19.4. The van der Waals surface area contributed by atoms with Crippen molar-refractivity contribution in [1.29, 1.82) is 0 Å². The van der Waals surface area contributed by atoms with Crippen LogP contribution in [-0.2, 0) is 20.8 Å². The van der Waals surface area contributed by atoms with Gasteiger partial charge in [0, 0.05) is 5.92 Å². The Morgan fingerprint density at radius 1 is 0.902 bits per heavy atom. The molecule has 0 fully saturated rings. The zero-order chi connectivity index (χ0) is 30.0. The van der Waals surface area contributed by atoms with Crippen LogP contribution in [0.3, 0.4) is 0 Å². The van der Waals surface area contributed by atoms with Crippen molar-refractivity contribution in [2.45, 2.75) is 65.5 Å². The lowest BCUT2D eigenvalue weighted by molar-refractivity contribution is -0.142. The van der Waals surface area contributed by atoms with Gasteiger partial charge in [-0.15, -0.1) is 0 Å². The van der Waals surface area contributed by atoms with Crippen molar-refractivity contribution in [2.75, 3.05) is 0 Å². The second-order valence-corrected chi connectivity index (χ2v) is 11.3. The van der Waals surface area contributed by atoms with E-state index in [2.05, 4.69) is 10.6 Å². The van der Waals surface area contributed by atoms with Gasteiger partial charge < -0.3 is 20.5 Å². The van der Waals surface area contributed by atoms with E-state index in [1.54, 1.807) is 36.4 Å².